The van der Waals surface area contributed by atoms with E-state index in [2.05, 4.69) is 28.3 Å². The monoisotopic (exact) mass is 512 g/mol. The molecule has 10 heteroatoms. The average molecular weight is 513 g/mol. The first-order valence-electron chi connectivity index (χ1n) is 11.8. The molecule has 1 amide bonds. The van der Waals surface area contributed by atoms with Crippen molar-refractivity contribution < 1.29 is 17.7 Å². The predicted molar refractivity (Wildman–Crippen MR) is 134 cm³/mol. The first-order chi connectivity index (χ1) is 16.8. The first kappa shape index (κ1) is 23.9. The number of thiophene rings is 1. The van der Waals surface area contributed by atoms with Gasteiger partial charge < -0.3 is 9.42 Å². The summed E-state index contributed by atoms with van der Waals surface area (Å²) < 4.78 is 33.6. The molecule has 3 aromatic rings. The number of carbonyl (C=O) groups excluding carboxylic acids is 1. The van der Waals surface area contributed by atoms with Gasteiger partial charge in [-0.3, -0.25) is 4.79 Å². The summed E-state index contributed by atoms with van der Waals surface area (Å²) in [5.41, 5.74) is 2.44. The van der Waals surface area contributed by atoms with Crippen LogP contribution in [0.1, 0.15) is 35.6 Å². The molecular formula is C25H28N4O4S2. The van der Waals surface area contributed by atoms with Gasteiger partial charge in [-0.2, -0.15) is 9.29 Å². The van der Waals surface area contributed by atoms with Crippen LogP contribution in [0.25, 0.3) is 16.3 Å². The molecule has 35 heavy (non-hydrogen) atoms. The van der Waals surface area contributed by atoms with E-state index in [0.717, 1.165) is 6.42 Å². The summed E-state index contributed by atoms with van der Waals surface area (Å²) in [4.78, 5) is 21.0. The lowest BCUT2D eigenvalue weighted by Gasteiger charge is -2.35. The number of aryl methyl sites for hydroxylation is 2. The summed E-state index contributed by atoms with van der Waals surface area (Å²) in [6.07, 6.45) is 4.28. The van der Waals surface area contributed by atoms with E-state index in [0.29, 0.717) is 53.9 Å². The summed E-state index contributed by atoms with van der Waals surface area (Å²) in [7, 11) is -3.74. The zero-order chi connectivity index (χ0) is 24.6. The Bertz CT molecular complexity index is 1360. The second kappa shape index (κ2) is 9.67. The fourth-order valence-electron chi connectivity index (χ4n) is 4.77. The van der Waals surface area contributed by atoms with E-state index in [-0.39, 0.29) is 23.3 Å². The van der Waals surface area contributed by atoms with E-state index in [1.807, 2.05) is 23.1 Å². The van der Waals surface area contributed by atoms with E-state index < -0.39 is 10.0 Å². The van der Waals surface area contributed by atoms with Gasteiger partial charge in [-0.05, 0) is 43.4 Å². The summed E-state index contributed by atoms with van der Waals surface area (Å²) in [5.74, 6) is 0.523. The van der Waals surface area contributed by atoms with Gasteiger partial charge in [-0.1, -0.05) is 41.6 Å². The summed E-state index contributed by atoms with van der Waals surface area (Å²) >= 11 is 1.33. The molecule has 5 rings (SSSR count). The minimum atomic E-state index is -3.74. The van der Waals surface area contributed by atoms with Crippen molar-refractivity contribution >= 4 is 32.8 Å². The summed E-state index contributed by atoms with van der Waals surface area (Å²) in [6, 6.07) is 11.8. The SMILES string of the molecule is Cc1nc(-c2cc(S(=O)(=O)N3CCC[C@@H](C(=O)N4CC=C(c5ccccc5)CC4)C3)c(C)s2)no1. The van der Waals surface area contributed by atoms with Gasteiger partial charge in [0.25, 0.3) is 0 Å². The number of hydrogen-bond acceptors (Lipinski definition) is 7. The lowest BCUT2D eigenvalue weighted by molar-refractivity contribution is -0.136. The average Bonchev–Trinajstić information content (AvgIpc) is 3.50. The maximum atomic E-state index is 13.5. The molecule has 0 N–H and O–H groups in total. The molecule has 184 valence electrons. The molecule has 2 aliphatic rings. The predicted octanol–water partition coefficient (Wildman–Crippen LogP) is 4.13. The largest absolute Gasteiger partial charge is 0.339 e. The van der Waals surface area contributed by atoms with E-state index >= 15 is 0 Å². The Labute approximate surface area is 209 Å². The molecule has 0 unspecified atom stereocenters. The maximum absolute atomic E-state index is 13.5. The van der Waals surface area contributed by atoms with Gasteiger partial charge in [0.05, 0.1) is 15.7 Å². The van der Waals surface area contributed by atoms with Crippen LogP contribution in [0.5, 0.6) is 0 Å². The lowest BCUT2D eigenvalue weighted by atomic mass is 9.95. The van der Waals surface area contributed by atoms with Gasteiger partial charge >= 0.3 is 0 Å². The summed E-state index contributed by atoms with van der Waals surface area (Å²) in [6.45, 7) is 5.31. The molecule has 0 spiro atoms. The Kier molecular flexibility index (Phi) is 6.61. The van der Waals surface area contributed by atoms with Gasteiger partial charge in [0.2, 0.25) is 27.6 Å². The Morgan fingerprint density at radius 1 is 1.17 bits per heavy atom. The number of amides is 1. The summed E-state index contributed by atoms with van der Waals surface area (Å²) in [5, 5.41) is 3.91. The zero-order valence-electron chi connectivity index (χ0n) is 19.8. The Morgan fingerprint density at radius 2 is 1.97 bits per heavy atom. The number of piperidine rings is 1. The van der Waals surface area contributed by atoms with Crippen LogP contribution in [0.3, 0.4) is 0 Å². The first-order valence-corrected chi connectivity index (χ1v) is 14.0. The molecule has 0 bridgehead atoms. The Morgan fingerprint density at radius 3 is 2.66 bits per heavy atom. The van der Waals surface area contributed by atoms with Gasteiger partial charge in [0.15, 0.2) is 0 Å². The van der Waals surface area contributed by atoms with E-state index in [4.69, 9.17) is 4.52 Å². The maximum Gasteiger partial charge on any atom is 0.244 e. The molecule has 1 fully saturated rings. The Balaban J connectivity index is 1.29. The molecule has 2 aromatic heterocycles. The lowest BCUT2D eigenvalue weighted by Crippen LogP contribution is -2.47. The van der Waals surface area contributed by atoms with Crippen molar-refractivity contribution in [2.24, 2.45) is 5.92 Å². The van der Waals surface area contributed by atoms with E-state index in [9.17, 15) is 13.2 Å². The molecule has 0 radical (unpaired) electrons. The minimum Gasteiger partial charge on any atom is -0.339 e. The molecular weight excluding hydrogens is 484 g/mol. The smallest absolute Gasteiger partial charge is 0.244 e. The zero-order valence-corrected chi connectivity index (χ0v) is 21.4. The van der Waals surface area contributed by atoms with Crippen molar-refractivity contribution in [3.63, 3.8) is 0 Å². The fraction of sp³-hybridized carbons (Fsp3) is 0.400. The molecule has 1 aromatic carbocycles. The molecule has 1 saturated heterocycles. The van der Waals surface area contributed by atoms with Crippen LogP contribution in [-0.4, -0.2) is 59.8 Å². The third-order valence-corrected chi connectivity index (χ3v) is 9.80. The number of nitrogens with zero attached hydrogens (tertiary/aromatic N) is 4. The minimum absolute atomic E-state index is 0.0401. The third-order valence-electron chi connectivity index (χ3n) is 6.64. The molecule has 4 heterocycles. The van der Waals surface area contributed by atoms with Crippen LogP contribution < -0.4 is 0 Å². The Hall–Kier alpha value is -2.82. The van der Waals surface area contributed by atoms with E-state index in [1.165, 1.54) is 26.8 Å². The van der Waals surface area contributed by atoms with Gasteiger partial charge in [-0.25, -0.2) is 8.42 Å². The van der Waals surface area contributed by atoms with Crippen molar-refractivity contribution in [1.29, 1.82) is 0 Å². The molecule has 8 nitrogen and oxygen atoms in total. The van der Waals surface area contributed by atoms with Crippen LogP contribution >= 0.6 is 11.3 Å². The van der Waals surface area contributed by atoms with Crippen LogP contribution in [0, 0.1) is 19.8 Å². The van der Waals surface area contributed by atoms with Gasteiger partial charge in [0.1, 0.15) is 0 Å². The normalized spacial score (nSPS) is 19.5. The van der Waals surface area contributed by atoms with Crippen molar-refractivity contribution in [2.75, 3.05) is 26.2 Å². The highest BCUT2D eigenvalue weighted by molar-refractivity contribution is 7.89. The number of sulfonamides is 1. The second-order valence-corrected chi connectivity index (χ2v) is 12.2. The fourth-order valence-corrected chi connectivity index (χ4v) is 7.78. The number of hydrogen-bond donors (Lipinski definition) is 0. The van der Waals surface area contributed by atoms with Crippen molar-refractivity contribution in [3.05, 3.63) is 58.8 Å². The van der Waals surface area contributed by atoms with E-state index in [1.54, 1.807) is 19.9 Å². The quantitative estimate of drug-likeness (QED) is 0.510. The van der Waals surface area contributed by atoms with Gasteiger partial charge in [0, 0.05) is 38.0 Å². The third kappa shape index (κ3) is 4.82. The van der Waals surface area contributed by atoms with Crippen molar-refractivity contribution in [1.82, 2.24) is 19.3 Å². The van der Waals surface area contributed by atoms with Crippen LogP contribution in [0.2, 0.25) is 0 Å². The number of rotatable bonds is 5. The molecule has 0 saturated carbocycles. The molecule has 2 aliphatic heterocycles. The number of aromatic nitrogens is 2. The molecule has 1 atom stereocenters. The highest BCUT2D eigenvalue weighted by Gasteiger charge is 2.36. The second-order valence-electron chi connectivity index (χ2n) is 9.00. The highest BCUT2D eigenvalue weighted by atomic mass is 32.2. The van der Waals surface area contributed by atoms with Crippen molar-refractivity contribution in [3.8, 4) is 10.7 Å². The standard InChI is InChI=1S/C25H28N4O4S2/c1-17-23(15-22(34-17)24-26-18(2)33-27-24)35(31,32)29-12-6-9-21(16-29)25(30)28-13-10-20(11-14-28)19-7-4-3-5-8-19/h3-5,7-8,10,15,21H,6,9,11-14,16H2,1-2H3/t21-/m1/s1. The van der Waals surface area contributed by atoms with Crippen LogP contribution in [-0.2, 0) is 14.8 Å². The number of benzene rings is 1. The van der Waals surface area contributed by atoms with Crippen LogP contribution in [0.15, 0.2) is 51.9 Å². The topological polar surface area (TPSA) is 96.6 Å². The molecule has 0 aliphatic carbocycles. The van der Waals surface area contributed by atoms with Gasteiger partial charge in [-0.15, -0.1) is 11.3 Å². The number of carbonyl (C=O) groups is 1. The van der Waals surface area contributed by atoms with Crippen LogP contribution in [0.4, 0.5) is 0 Å². The van der Waals surface area contributed by atoms with Crippen molar-refractivity contribution in [2.45, 2.75) is 38.0 Å². The highest BCUT2D eigenvalue weighted by Crippen LogP contribution is 2.35.